The van der Waals surface area contributed by atoms with Crippen molar-refractivity contribution in [1.29, 1.82) is 0 Å². The van der Waals surface area contributed by atoms with Crippen molar-refractivity contribution in [3.05, 3.63) is 62.2 Å². The Labute approximate surface area is 155 Å². The molecule has 1 N–H and O–H groups in total. The van der Waals surface area contributed by atoms with E-state index in [-0.39, 0.29) is 16.9 Å². The Morgan fingerprint density at radius 3 is 2.23 bits per heavy atom. The van der Waals surface area contributed by atoms with Gasteiger partial charge in [0.05, 0.1) is 0 Å². The Balaban J connectivity index is 2.51. The molecule has 4 heteroatoms. The van der Waals surface area contributed by atoms with Crippen LogP contribution >= 0.6 is 0 Å². The van der Waals surface area contributed by atoms with E-state index in [4.69, 9.17) is 4.42 Å². The first kappa shape index (κ1) is 20.0. The predicted octanol–water partition coefficient (Wildman–Crippen LogP) is 4.98. The summed E-state index contributed by atoms with van der Waals surface area (Å²) in [6.45, 7) is 9.67. The van der Waals surface area contributed by atoms with E-state index in [1.807, 2.05) is 18.2 Å². The number of amides is 1. The van der Waals surface area contributed by atoms with E-state index in [2.05, 4.69) is 26.1 Å². The van der Waals surface area contributed by atoms with Crippen LogP contribution in [0, 0.1) is 13.8 Å². The maximum absolute atomic E-state index is 13.0. The zero-order valence-electron chi connectivity index (χ0n) is 16.5. The van der Waals surface area contributed by atoms with Crippen molar-refractivity contribution < 1.29 is 9.21 Å². The molecule has 4 nitrogen and oxygen atoms in total. The number of rotatable bonds is 7. The molecule has 0 saturated carbocycles. The lowest BCUT2D eigenvalue weighted by molar-refractivity contribution is 0.102. The highest BCUT2D eigenvalue weighted by Crippen LogP contribution is 2.24. The molecule has 0 fully saturated rings. The summed E-state index contributed by atoms with van der Waals surface area (Å²) >= 11 is 0. The quantitative estimate of drug-likeness (QED) is 0.762. The highest BCUT2D eigenvalue weighted by molar-refractivity contribution is 6.05. The molecule has 0 bridgehead atoms. The van der Waals surface area contributed by atoms with Crippen LogP contribution in [-0.2, 0) is 19.3 Å². The zero-order valence-corrected chi connectivity index (χ0v) is 16.5. The van der Waals surface area contributed by atoms with Crippen molar-refractivity contribution in [2.75, 3.05) is 5.32 Å². The van der Waals surface area contributed by atoms with Gasteiger partial charge in [-0.3, -0.25) is 9.59 Å². The highest BCUT2D eigenvalue weighted by Gasteiger charge is 2.22. The molecule has 0 aliphatic rings. The Morgan fingerprint density at radius 2 is 1.69 bits per heavy atom. The number of aryl methyl sites for hydroxylation is 4. The van der Waals surface area contributed by atoms with Crippen molar-refractivity contribution >= 4 is 11.6 Å². The summed E-state index contributed by atoms with van der Waals surface area (Å²) in [6, 6.07) is 6.02. The molecular weight excluding hydrogens is 326 g/mol. The van der Waals surface area contributed by atoms with E-state index in [0.717, 1.165) is 42.5 Å². The number of benzene rings is 1. The molecule has 0 aliphatic heterocycles. The second-order valence-corrected chi connectivity index (χ2v) is 6.63. The maximum atomic E-state index is 13.0. The average Bonchev–Trinajstić information content (AvgIpc) is 2.64. The molecule has 140 valence electrons. The first-order valence-corrected chi connectivity index (χ1v) is 9.49. The summed E-state index contributed by atoms with van der Waals surface area (Å²) < 4.78 is 5.83. The minimum atomic E-state index is -0.372. The summed E-state index contributed by atoms with van der Waals surface area (Å²) in [5.41, 5.74) is 3.37. The lowest BCUT2D eigenvalue weighted by Crippen LogP contribution is -2.26. The molecule has 1 aromatic carbocycles. The van der Waals surface area contributed by atoms with Crippen LogP contribution in [0.1, 0.15) is 72.2 Å². The van der Waals surface area contributed by atoms with E-state index in [1.165, 1.54) is 0 Å². The largest absolute Gasteiger partial charge is 0.465 e. The van der Waals surface area contributed by atoms with Gasteiger partial charge in [-0.15, -0.1) is 0 Å². The Kier molecular flexibility index (Phi) is 6.78. The van der Waals surface area contributed by atoms with Crippen LogP contribution in [0.25, 0.3) is 0 Å². The third-order valence-electron chi connectivity index (χ3n) is 4.87. The van der Waals surface area contributed by atoms with E-state index in [0.29, 0.717) is 23.5 Å². The number of anilines is 1. The Morgan fingerprint density at radius 1 is 1.08 bits per heavy atom. The van der Waals surface area contributed by atoms with Crippen molar-refractivity contribution in [3.63, 3.8) is 0 Å². The first-order valence-electron chi connectivity index (χ1n) is 9.49. The van der Waals surface area contributed by atoms with Gasteiger partial charge < -0.3 is 9.73 Å². The summed E-state index contributed by atoms with van der Waals surface area (Å²) in [5.74, 6) is 0.703. The van der Waals surface area contributed by atoms with Gasteiger partial charge in [0.1, 0.15) is 17.1 Å². The number of hydrogen-bond acceptors (Lipinski definition) is 3. The second-order valence-electron chi connectivity index (χ2n) is 6.63. The van der Waals surface area contributed by atoms with Crippen LogP contribution in [0.5, 0.6) is 0 Å². The molecule has 1 amide bonds. The van der Waals surface area contributed by atoms with Crippen molar-refractivity contribution in [2.45, 2.75) is 66.7 Å². The number of carbonyl (C=O) groups excluding carboxylic acids is 1. The molecule has 2 aromatic rings. The van der Waals surface area contributed by atoms with Crippen molar-refractivity contribution in [2.24, 2.45) is 0 Å². The molecule has 2 rings (SSSR count). The molecule has 0 spiro atoms. The van der Waals surface area contributed by atoms with Gasteiger partial charge in [-0.05, 0) is 44.2 Å². The van der Waals surface area contributed by atoms with Gasteiger partial charge in [0.2, 0.25) is 5.43 Å². The monoisotopic (exact) mass is 355 g/mol. The van der Waals surface area contributed by atoms with Gasteiger partial charge >= 0.3 is 0 Å². The molecule has 0 unspecified atom stereocenters. The molecule has 0 atom stereocenters. The smallest absolute Gasteiger partial charge is 0.263 e. The molecular formula is C22H29NO3. The average molecular weight is 355 g/mol. The Hall–Kier alpha value is -2.36. The van der Waals surface area contributed by atoms with Gasteiger partial charge in [0.15, 0.2) is 0 Å². The van der Waals surface area contributed by atoms with E-state index in [1.54, 1.807) is 13.8 Å². The van der Waals surface area contributed by atoms with E-state index < -0.39 is 0 Å². The molecule has 0 radical (unpaired) electrons. The lowest BCUT2D eigenvalue weighted by atomic mass is 10.0. The number of hydrogen-bond donors (Lipinski definition) is 1. The predicted molar refractivity (Wildman–Crippen MR) is 106 cm³/mol. The fourth-order valence-electron chi connectivity index (χ4n) is 3.11. The van der Waals surface area contributed by atoms with Crippen LogP contribution in [0.4, 0.5) is 5.69 Å². The van der Waals surface area contributed by atoms with Gasteiger partial charge in [0, 0.05) is 17.7 Å². The molecule has 1 aromatic heterocycles. The van der Waals surface area contributed by atoms with Crippen molar-refractivity contribution in [3.8, 4) is 0 Å². The summed E-state index contributed by atoms with van der Waals surface area (Å²) in [4.78, 5) is 25.8. The number of para-hydroxylation sites is 1. The van der Waals surface area contributed by atoms with Crippen LogP contribution < -0.4 is 10.7 Å². The van der Waals surface area contributed by atoms with Gasteiger partial charge in [-0.2, -0.15) is 0 Å². The van der Waals surface area contributed by atoms with Crippen LogP contribution in [-0.4, -0.2) is 5.91 Å². The van der Waals surface area contributed by atoms with Gasteiger partial charge in [-0.1, -0.05) is 45.4 Å². The normalized spacial score (nSPS) is 10.8. The number of nitrogens with one attached hydrogen (secondary N) is 1. The highest BCUT2D eigenvalue weighted by atomic mass is 16.3. The van der Waals surface area contributed by atoms with Crippen LogP contribution in [0.2, 0.25) is 0 Å². The van der Waals surface area contributed by atoms with E-state index >= 15 is 0 Å². The zero-order chi connectivity index (χ0) is 19.3. The minimum absolute atomic E-state index is 0.148. The molecule has 0 aliphatic carbocycles. The molecule has 26 heavy (non-hydrogen) atoms. The van der Waals surface area contributed by atoms with Gasteiger partial charge in [0.25, 0.3) is 5.91 Å². The second kappa shape index (κ2) is 8.84. The third-order valence-corrected chi connectivity index (χ3v) is 4.87. The standard InChI is InChI=1S/C22H29NO3/c1-6-9-13-18-19(21(24)14(4)15(5)26-18)22(25)23-20-16(7-2)11-10-12-17(20)8-3/h10-12H,6-9,13H2,1-5H3,(H,23,25). The van der Waals surface area contributed by atoms with Gasteiger partial charge in [-0.25, -0.2) is 0 Å². The van der Waals surface area contributed by atoms with Crippen molar-refractivity contribution in [1.82, 2.24) is 0 Å². The third kappa shape index (κ3) is 4.06. The summed E-state index contributed by atoms with van der Waals surface area (Å²) in [5, 5.41) is 3.00. The number of carbonyl (C=O) groups is 1. The Bertz CT molecular complexity index is 827. The van der Waals surface area contributed by atoms with E-state index in [9.17, 15) is 9.59 Å². The summed E-state index contributed by atoms with van der Waals surface area (Å²) in [7, 11) is 0. The summed E-state index contributed by atoms with van der Waals surface area (Å²) in [6.07, 6.45) is 4.06. The van der Waals surface area contributed by atoms with Crippen LogP contribution in [0.3, 0.4) is 0 Å². The topological polar surface area (TPSA) is 59.3 Å². The fraction of sp³-hybridized carbons (Fsp3) is 0.455. The first-order chi connectivity index (χ1) is 12.4. The molecule has 0 saturated heterocycles. The fourth-order valence-corrected chi connectivity index (χ4v) is 3.11. The maximum Gasteiger partial charge on any atom is 0.263 e. The van der Waals surface area contributed by atoms with Crippen LogP contribution in [0.15, 0.2) is 27.4 Å². The number of unbranched alkanes of at least 4 members (excludes halogenated alkanes) is 1. The lowest BCUT2D eigenvalue weighted by Gasteiger charge is -2.16. The SMILES string of the molecule is CCCCc1oc(C)c(C)c(=O)c1C(=O)Nc1c(CC)cccc1CC. The molecule has 1 heterocycles. The minimum Gasteiger partial charge on any atom is -0.465 e.